The van der Waals surface area contributed by atoms with Crippen molar-refractivity contribution in [2.75, 3.05) is 0 Å². The van der Waals surface area contributed by atoms with E-state index in [4.69, 9.17) is 0 Å². The van der Waals surface area contributed by atoms with Crippen molar-refractivity contribution < 1.29 is 2.85 Å². The van der Waals surface area contributed by atoms with E-state index >= 15 is 0 Å². The molecule has 0 unspecified atom stereocenters. The van der Waals surface area contributed by atoms with Gasteiger partial charge in [0, 0.05) is 2.85 Å². The first-order valence-electron chi connectivity index (χ1n) is 7.08. The molecule has 16 heavy (non-hydrogen) atoms. The van der Waals surface area contributed by atoms with Crippen molar-refractivity contribution in [3.8, 4) is 0 Å². The molecule has 0 heterocycles. The van der Waals surface area contributed by atoms with Gasteiger partial charge in [-0.25, -0.2) is 0 Å². The third-order valence-corrected chi connectivity index (χ3v) is 4.97. The van der Waals surface area contributed by atoms with Crippen LogP contribution in [0.5, 0.6) is 0 Å². The van der Waals surface area contributed by atoms with E-state index in [-0.39, 0.29) is 2.85 Å². The highest BCUT2D eigenvalue weighted by atomic mass is 14.3. The van der Waals surface area contributed by atoms with Gasteiger partial charge in [0.05, 0.1) is 0 Å². The SMILES string of the molecule is C=CC1CCC(C2CCC(C=C)CC2)CC1.[HH].[HH]. The van der Waals surface area contributed by atoms with E-state index in [0.29, 0.717) is 0 Å². The van der Waals surface area contributed by atoms with Crippen molar-refractivity contribution in [1.82, 2.24) is 0 Å². The van der Waals surface area contributed by atoms with Crippen LogP contribution < -0.4 is 0 Å². The quantitative estimate of drug-likeness (QED) is 0.556. The van der Waals surface area contributed by atoms with E-state index in [1.165, 1.54) is 51.4 Å². The van der Waals surface area contributed by atoms with Crippen molar-refractivity contribution in [3.63, 3.8) is 0 Å². The third kappa shape index (κ3) is 2.78. The van der Waals surface area contributed by atoms with Crippen LogP contribution in [0.15, 0.2) is 25.3 Å². The second-order valence-corrected chi connectivity index (χ2v) is 5.82. The maximum Gasteiger partial charge on any atom is 0 e. The molecular formula is C16H30. The van der Waals surface area contributed by atoms with Gasteiger partial charge in [-0.05, 0) is 75.0 Å². The molecule has 0 atom stereocenters. The Labute approximate surface area is 104 Å². The summed E-state index contributed by atoms with van der Waals surface area (Å²) in [7, 11) is 0. The van der Waals surface area contributed by atoms with Crippen LogP contribution in [-0.2, 0) is 0 Å². The Hall–Kier alpha value is -0.520. The van der Waals surface area contributed by atoms with Gasteiger partial charge < -0.3 is 0 Å². The molecule has 0 aromatic heterocycles. The van der Waals surface area contributed by atoms with Crippen LogP contribution in [0.25, 0.3) is 0 Å². The van der Waals surface area contributed by atoms with Gasteiger partial charge in [-0.15, -0.1) is 13.2 Å². The van der Waals surface area contributed by atoms with Crippen LogP contribution in [0.2, 0.25) is 0 Å². The summed E-state index contributed by atoms with van der Waals surface area (Å²) >= 11 is 0. The molecule has 2 aliphatic carbocycles. The molecule has 0 N–H and O–H groups in total. The molecule has 0 amide bonds. The summed E-state index contributed by atoms with van der Waals surface area (Å²) in [6.45, 7) is 7.86. The molecule has 0 saturated heterocycles. The Morgan fingerprint density at radius 3 is 1.19 bits per heavy atom. The fraction of sp³-hybridized carbons (Fsp3) is 0.750. The molecule has 94 valence electrons. The van der Waals surface area contributed by atoms with Crippen LogP contribution in [0.4, 0.5) is 0 Å². The van der Waals surface area contributed by atoms with E-state index in [2.05, 4.69) is 25.3 Å². The van der Waals surface area contributed by atoms with Crippen LogP contribution in [0, 0.1) is 23.7 Å². The molecule has 0 bridgehead atoms. The molecule has 0 aromatic rings. The first kappa shape index (κ1) is 12.0. The predicted molar refractivity (Wildman–Crippen MR) is 75.5 cm³/mol. The average Bonchev–Trinajstić information content (AvgIpc) is 2.39. The molecule has 2 saturated carbocycles. The lowest BCUT2D eigenvalue weighted by Crippen LogP contribution is -2.24. The summed E-state index contributed by atoms with van der Waals surface area (Å²) in [4.78, 5) is 0. The van der Waals surface area contributed by atoms with Gasteiger partial charge in [-0.2, -0.15) is 0 Å². The van der Waals surface area contributed by atoms with E-state index < -0.39 is 0 Å². The molecule has 0 heteroatoms. The Morgan fingerprint density at radius 2 is 0.938 bits per heavy atom. The monoisotopic (exact) mass is 222 g/mol. The molecule has 2 rings (SSSR count). The van der Waals surface area contributed by atoms with Gasteiger partial charge in [-0.3, -0.25) is 0 Å². The van der Waals surface area contributed by atoms with Gasteiger partial charge in [0.1, 0.15) is 0 Å². The lowest BCUT2D eigenvalue weighted by atomic mass is 9.69. The Kier molecular flexibility index (Phi) is 4.26. The summed E-state index contributed by atoms with van der Waals surface area (Å²) in [5, 5.41) is 0. The minimum atomic E-state index is 0. The lowest BCUT2D eigenvalue weighted by molar-refractivity contribution is 0.166. The Bertz CT molecular complexity index is 207. The van der Waals surface area contributed by atoms with Crippen LogP contribution in [0.1, 0.15) is 54.2 Å². The standard InChI is InChI=1S/C16H26.2H2/c1-3-13-5-9-15(10-6-13)16-11-7-14(4-2)8-12-16;;/h3-4,13-16H,1-2,5-12H2;2*1H. The lowest BCUT2D eigenvalue weighted by Gasteiger charge is -2.36. The zero-order valence-electron chi connectivity index (χ0n) is 10.5. The highest BCUT2D eigenvalue weighted by Crippen LogP contribution is 2.41. The third-order valence-electron chi connectivity index (χ3n) is 4.97. The van der Waals surface area contributed by atoms with Crippen LogP contribution >= 0.6 is 0 Å². The van der Waals surface area contributed by atoms with Crippen molar-refractivity contribution in [3.05, 3.63) is 25.3 Å². The normalized spacial score (nSPS) is 40.2. The van der Waals surface area contributed by atoms with Gasteiger partial charge in [0.2, 0.25) is 0 Å². The molecular weight excluding hydrogens is 192 g/mol. The van der Waals surface area contributed by atoms with Gasteiger partial charge in [0.25, 0.3) is 0 Å². The molecule has 0 aromatic carbocycles. The Balaban J connectivity index is 0.00000144. The fourth-order valence-corrected chi connectivity index (χ4v) is 3.70. The molecule has 0 spiro atoms. The summed E-state index contributed by atoms with van der Waals surface area (Å²) in [5.74, 6) is 3.70. The maximum atomic E-state index is 3.93. The topological polar surface area (TPSA) is 0 Å². The molecule has 2 aliphatic rings. The Morgan fingerprint density at radius 1 is 0.625 bits per heavy atom. The summed E-state index contributed by atoms with van der Waals surface area (Å²) in [6.07, 6.45) is 15.8. The summed E-state index contributed by atoms with van der Waals surface area (Å²) in [6, 6.07) is 0. The smallest absolute Gasteiger partial charge is 0 e. The predicted octanol–water partition coefficient (Wildman–Crippen LogP) is 5.46. The zero-order chi connectivity index (χ0) is 11.4. The average molecular weight is 222 g/mol. The minimum Gasteiger partial charge on any atom is -0.103 e. The first-order valence-corrected chi connectivity index (χ1v) is 7.08. The highest BCUT2D eigenvalue weighted by Gasteiger charge is 2.29. The second kappa shape index (κ2) is 5.70. The van der Waals surface area contributed by atoms with E-state index in [0.717, 1.165) is 23.7 Å². The number of rotatable bonds is 3. The summed E-state index contributed by atoms with van der Waals surface area (Å²) < 4.78 is 0. The molecule has 0 nitrogen and oxygen atoms in total. The largest absolute Gasteiger partial charge is 0.103 e. The number of hydrogen-bond acceptors (Lipinski definition) is 0. The molecule has 0 aliphatic heterocycles. The second-order valence-electron chi connectivity index (χ2n) is 5.82. The van der Waals surface area contributed by atoms with Crippen molar-refractivity contribution in [2.45, 2.75) is 51.4 Å². The van der Waals surface area contributed by atoms with Crippen LogP contribution in [0.3, 0.4) is 0 Å². The summed E-state index contributed by atoms with van der Waals surface area (Å²) in [5.41, 5.74) is 0. The van der Waals surface area contributed by atoms with E-state index in [1.54, 1.807) is 0 Å². The molecule has 0 radical (unpaired) electrons. The van der Waals surface area contributed by atoms with E-state index in [1.807, 2.05) is 0 Å². The van der Waals surface area contributed by atoms with Crippen molar-refractivity contribution in [2.24, 2.45) is 23.7 Å². The zero-order valence-corrected chi connectivity index (χ0v) is 10.5. The molecule has 2 fully saturated rings. The van der Waals surface area contributed by atoms with Crippen molar-refractivity contribution >= 4 is 0 Å². The minimum absolute atomic E-state index is 0. The number of hydrogen-bond donors (Lipinski definition) is 0. The van der Waals surface area contributed by atoms with Gasteiger partial charge >= 0.3 is 0 Å². The highest BCUT2D eigenvalue weighted by molar-refractivity contribution is 4.89. The first-order chi connectivity index (χ1) is 7.83. The van der Waals surface area contributed by atoms with Crippen molar-refractivity contribution in [1.29, 1.82) is 0 Å². The van der Waals surface area contributed by atoms with Gasteiger partial charge in [0.15, 0.2) is 0 Å². The van der Waals surface area contributed by atoms with Gasteiger partial charge in [-0.1, -0.05) is 12.2 Å². The van der Waals surface area contributed by atoms with E-state index in [9.17, 15) is 0 Å². The maximum absolute atomic E-state index is 3.93. The fourth-order valence-electron chi connectivity index (χ4n) is 3.70. The van der Waals surface area contributed by atoms with Crippen LogP contribution in [-0.4, -0.2) is 0 Å². The number of allylic oxidation sites excluding steroid dienone is 2.